The van der Waals surface area contributed by atoms with Crippen LogP contribution in [0.5, 0.6) is 0 Å². The van der Waals surface area contributed by atoms with Crippen LogP contribution in [0.15, 0.2) is 39.9 Å². The topological polar surface area (TPSA) is 49.4 Å². The van der Waals surface area contributed by atoms with Crippen molar-refractivity contribution in [1.29, 1.82) is 0 Å². The zero-order valence-electron chi connectivity index (χ0n) is 11.8. The van der Waals surface area contributed by atoms with Gasteiger partial charge in [-0.3, -0.25) is 0 Å². The molecule has 21 heavy (non-hydrogen) atoms. The average molecular weight is 328 g/mol. The van der Waals surface area contributed by atoms with Crippen LogP contribution in [0.1, 0.15) is 11.1 Å². The molecule has 0 saturated carbocycles. The Morgan fingerprint density at radius 2 is 2.10 bits per heavy atom. The predicted molar refractivity (Wildman–Crippen MR) is 82.1 cm³/mol. The van der Waals surface area contributed by atoms with Crippen molar-refractivity contribution in [3.8, 4) is 0 Å². The fraction of sp³-hybridized carbons (Fsp3) is 0.286. The molecule has 1 aromatic carbocycles. The van der Waals surface area contributed by atoms with E-state index in [1.54, 1.807) is 7.05 Å². The maximum atomic E-state index is 13.6. The molecule has 2 aromatic rings. The normalized spacial score (nSPS) is 12.0. The molecule has 0 saturated heterocycles. The second kappa shape index (κ2) is 6.65. The molecule has 0 spiro atoms. The molecule has 114 valence electrons. The van der Waals surface area contributed by atoms with Crippen LogP contribution in [0.2, 0.25) is 0 Å². The fourth-order valence-corrected chi connectivity index (χ4v) is 3.81. The third-order valence-electron chi connectivity index (χ3n) is 3.08. The van der Waals surface area contributed by atoms with E-state index in [-0.39, 0.29) is 11.4 Å². The van der Waals surface area contributed by atoms with Crippen LogP contribution in [0.3, 0.4) is 0 Å². The molecular formula is C14H17FN2O2S2. The van der Waals surface area contributed by atoms with Crippen molar-refractivity contribution in [2.24, 2.45) is 0 Å². The van der Waals surface area contributed by atoms with Crippen molar-refractivity contribution < 1.29 is 12.8 Å². The van der Waals surface area contributed by atoms with Crippen molar-refractivity contribution >= 4 is 21.4 Å². The molecule has 0 aliphatic heterocycles. The van der Waals surface area contributed by atoms with E-state index >= 15 is 0 Å². The Balaban J connectivity index is 2.28. The summed E-state index contributed by atoms with van der Waals surface area (Å²) < 4.78 is 39.9. The van der Waals surface area contributed by atoms with Crippen LogP contribution in [0, 0.1) is 5.82 Å². The zero-order chi connectivity index (χ0) is 15.5. The van der Waals surface area contributed by atoms with Gasteiger partial charge in [-0.2, -0.15) is 15.6 Å². The van der Waals surface area contributed by atoms with Crippen LogP contribution in [-0.2, 0) is 23.1 Å². The number of hydrogen-bond donors (Lipinski definition) is 1. The minimum Gasteiger partial charge on any atom is -0.316 e. The lowest BCUT2D eigenvalue weighted by Crippen LogP contribution is -2.26. The van der Waals surface area contributed by atoms with Crippen LogP contribution < -0.4 is 5.32 Å². The van der Waals surface area contributed by atoms with E-state index in [0.29, 0.717) is 12.1 Å². The second-order valence-corrected chi connectivity index (χ2v) is 7.50. The summed E-state index contributed by atoms with van der Waals surface area (Å²) in [5.74, 6) is -0.413. The molecule has 1 heterocycles. The van der Waals surface area contributed by atoms with E-state index in [9.17, 15) is 12.8 Å². The van der Waals surface area contributed by atoms with Gasteiger partial charge in [0.25, 0.3) is 0 Å². The Kier molecular flexibility index (Phi) is 5.10. The molecule has 0 atom stereocenters. The molecule has 0 aliphatic rings. The van der Waals surface area contributed by atoms with Gasteiger partial charge in [-0.25, -0.2) is 12.8 Å². The summed E-state index contributed by atoms with van der Waals surface area (Å²) in [6.07, 6.45) is 0. The summed E-state index contributed by atoms with van der Waals surface area (Å²) in [6.45, 7) is 0.577. The predicted octanol–water partition coefficient (Wildman–Crippen LogP) is 2.43. The maximum absolute atomic E-state index is 13.6. The van der Waals surface area contributed by atoms with Gasteiger partial charge < -0.3 is 5.32 Å². The van der Waals surface area contributed by atoms with Gasteiger partial charge in [-0.15, -0.1) is 0 Å². The molecule has 0 amide bonds. The van der Waals surface area contributed by atoms with E-state index in [1.807, 2.05) is 16.8 Å². The van der Waals surface area contributed by atoms with Gasteiger partial charge in [-0.05, 0) is 47.6 Å². The lowest BCUT2D eigenvalue weighted by Gasteiger charge is -2.17. The number of sulfonamides is 1. The van der Waals surface area contributed by atoms with Crippen molar-refractivity contribution in [3.63, 3.8) is 0 Å². The molecule has 0 fully saturated rings. The highest BCUT2D eigenvalue weighted by molar-refractivity contribution is 7.89. The summed E-state index contributed by atoms with van der Waals surface area (Å²) in [4.78, 5) is 0.104. The van der Waals surface area contributed by atoms with Gasteiger partial charge >= 0.3 is 0 Å². The SMILES string of the molecule is CNCc1cc(S(=O)(=O)N(C)Cc2ccsc2)ccc1F. The van der Waals surface area contributed by atoms with E-state index < -0.39 is 15.8 Å². The van der Waals surface area contributed by atoms with E-state index in [1.165, 1.54) is 40.9 Å². The highest BCUT2D eigenvalue weighted by atomic mass is 32.2. The minimum atomic E-state index is -3.63. The average Bonchev–Trinajstić information content (AvgIpc) is 2.94. The highest BCUT2D eigenvalue weighted by Crippen LogP contribution is 2.20. The number of halogens is 1. The number of benzene rings is 1. The summed E-state index contributed by atoms with van der Waals surface area (Å²) in [6, 6.07) is 5.75. The fourth-order valence-electron chi connectivity index (χ4n) is 1.94. The van der Waals surface area contributed by atoms with Gasteiger partial charge in [0.15, 0.2) is 0 Å². The third-order valence-corrected chi connectivity index (χ3v) is 5.61. The zero-order valence-corrected chi connectivity index (χ0v) is 13.5. The molecule has 0 radical (unpaired) electrons. The first-order valence-electron chi connectivity index (χ1n) is 6.35. The number of rotatable bonds is 6. The molecular weight excluding hydrogens is 311 g/mol. The molecule has 7 heteroatoms. The Labute approximate surface area is 128 Å². The molecule has 2 rings (SSSR count). The highest BCUT2D eigenvalue weighted by Gasteiger charge is 2.22. The van der Waals surface area contributed by atoms with Crippen molar-refractivity contribution in [2.75, 3.05) is 14.1 Å². The van der Waals surface area contributed by atoms with Gasteiger partial charge in [0.2, 0.25) is 10.0 Å². The number of hydrogen-bond acceptors (Lipinski definition) is 4. The second-order valence-electron chi connectivity index (χ2n) is 4.68. The molecule has 0 aliphatic carbocycles. The summed E-state index contributed by atoms with van der Waals surface area (Å²) in [5.41, 5.74) is 1.27. The number of nitrogens with zero attached hydrogens (tertiary/aromatic N) is 1. The third kappa shape index (κ3) is 3.68. The lowest BCUT2D eigenvalue weighted by atomic mass is 10.2. The Hall–Kier alpha value is -1.28. The smallest absolute Gasteiger partial charge is 0.243 e. The summed E-state index contributed by atoms with van der Waals surface area (Å²) >= 11 is 1.52. The first kappa shape index (κ1) is 16.1. The summed E-state index contributed by atoms with van der Waals surface area (Å²) in [5, 5.41) is 6.63. The molecule has 0 bridgehead atoms. The van der Waals surface area contributed by atoms with Gasteiger partial charge in [-0.1, -0.05) is 0 Å². The Bertz CT molecular complexity index is 700. The van der Waals surface area contributed by atoms with Gasteiger partial charge in [0.1, 0.15) is 5.82 Å². The number of nitrogens with one attached hydrogen (secondary N) is 1. The van der Waals surface area contributed by atoms with Crippen LogP contribution in [0.25, 0.3) is 0 Å². The monoisotopic (exact) mass is 328 g/mol. The van der Waals surface area contributed by atoms with Crippen LogP contribution in [-0.4, -0.2) is 26.8 Å². The maximum Gasteiger partial charge on any atom is 0.243 e. The van der Waals surface area contributed by atoms with Gasteiger partial charge in [0.05, 0.1) is 4.90 Å². The minimum absolute atomic E-state index is 0.104. The lowest BCUT2D eigenvalue weighted by molar-refractivity contribution is 0.467. The van der Waals surface area contributed by atoms with E-state index in [4.69, 9.17) is 0 Å². The summed E-state index contributed by atoms with van der Waals surface area (Å²) in [7, 11) is -0.423. The molecule has 1 aromatic heterocycles. The Morgan fingerprint density at radius 1 is 1.33 bits per heavy atom. The van der Waals surface area contributed by atoms with Crippen LogP contribution >= 0.6 is 11.3 Å². The standard InChI is InChI=1S/C14H17FN2O2S2/c1-16-8-12-7-13(3-4-14(12)15)21(18,19)17(2)9-11-5-6-20-10-11/h3-7,10,16H,8-9H2,1-2H3. The molecule has 4 nitrogen and oxygen atoms in total. The first-order chi connectivity index (χ1) is 9.95. The van der Waals surface area contributed by atoms with Gasteiger partial charge in [0, 0.05) is 25.7 Å². The number of thiophene rings is 1. The Morgan fingerprint density at radius 3 is 2.71 bits per heavy atom. The molecule has 0 unspecified atom stereocenters. The largest absolute Gasteiger partial charge is 0.316 e. The molecule has 1 N–H and O–H groups in total. The first-order valence-corrected chi connectivity index (χ1v) is 8.74. The van der Waals surface area contributed by atoms with Crippen molar-refractivity contribution in [3.05, 3.63) is 52.0 Å². The van der Waals surface area contributed by atoms with Crippen molar-refractivity contribution in [1.82, 2.24) is 9.62 Å². The van der Waals surface area contributed by atoms with Crippen LogP contribution in [0.4, 0.5) is 4.39 Å². The van der Waals surface area contributed by atoms with Crippen molar-refractivity contribution in [2.45, 2.75) is 18.0 Å². The van der Waals surface area contributed by atoms with E-state index in [0.717, 1.165) is 5.56 Å². The quantitative estimate of drug-likeness (QED) is 0.886. The van der Waals surface area contributed by atoms with E-state index in [2.05, 4.69) is 5.32 Å².